The molecule has 0 aromatic carbocycles. The molecule has 0 amide bonds. The van der Waals surface area contributed by atoms with Crippen LogP contribution in [0.15, 0.2) is 29.7 Å². The summed E-state index contributed by atoms with van der Waals surface area (Å²) < 4.78 is 5.33. The Morgan fingerprint density at radius 3 is 2.62 bits per heavy atom. The van der Waals surface area contributed by atoms with Crippen molar-refractivity contribution in [1.29, 1.82) is 0 Å². The first-order chi connectivity index (χ1) is 7.59. The van der Waals surface area contributed by atoms with E-state index in [4.69, 9.17) is 0 Å². The van der Waals surface area contributed by atoms with Crippen LogP contribution in [0.3, 0.4) is 0 Å². The summed E-state index contributed by atoms with van der Waals surface area (Å²) in [4.78, 5) is 16.0. The van der Waals surface area contributed by atoms with E-state index in [1.165, 1.54) is 0 Å². The zero-order valence-electron chi connectivity index (χ0n) is 9.79. The first-order valence-corrected chi connectivity index (χ1v) is 5.32. The number of rotatable bonds is 3. The first-order valence-electron chi connectivity index (χ1n) is 5.32. The summed E-state index contributed by atoms with van der Waals surface area (Å²) in [6, 6.07) is 0.195. The molecule has 0 N–H and O–H groups in total. The van der Waals surface area contributed by atoms with Gasteiger partial charge in [0, 0.05) is 31.7 Å². The van der Waals surface area contributed by atoms with E-state index >= 15 is 0 Å². The third kappa shape index (κ3) is 1.80. The highest BCUT2D eigenvalue weighted by Crippen LogP contribution is 2.02. The van der Waals surface area contributed by atoms with Crippen LogP contribution in [0.25, 0.3) is 0 Å². The Kier molecular flexibility index (Phi) is 2.68. The molecule has 0 aliphatic heterocycles. The molecule has 5 heteroatoms. The minimum Gasteiger partial charge on any atom is -0.336 e. The van der Waals surface area contributed by atoms with Gasteiger partial charge in [0.05, 0.1) is 18.6 Å². The van der Waals surface area contributed by atoms with Crippen molar-refractivity contribution in [3.8, 4) is 0 Å². The van der Waals surface area contributed by atoms with Crippen molar-refractivity contribution < 1.29 is 0 Å². The second-order valence-electron chi connectivity index (χ2n) is 4.21. The largest absolute Gasteiger partial charge is 0.336 e. The Morgan fingerprint density at radius 2 is 2.12 bits per heavy atom. The van der Waals surface area contributed by atoms with Crippen LogP contribution in [0.4, 0.5) is 0 Å². The molecule has 5 nitrogen and oxygen atoms in total. The lowest BCUT2D eigenvalue weighted by molar-refractivity contribution is 0.558. The summed E-state index contributed by atoms with van der Waals surface area (Å²) in [5.41, 5.74) is 1.04. The SMILES string of the molecule is CC(C)n1ccn(Cc2cncn2C)c1=O. The van der Waals surface area contributed by atoms with Gasteiger partial charge in [0.15, 0.2) is 0 Å². The minimum atomic E-state index is 0.0243. The fourth-order valence-corrected chi connectivity index (χ4v) is 1.65. The maximum absolute atomic E-state index is 11.9. The van der Waals surface area contributed by atoms with Crippen molar-refractivity contribution >= 4 is 0 Å². The molecule has 0 aliphatic rings. The molecule has 0 atom stereocenters. The molecule has 0 saturated carbocycles. The zero-order chi connectivity index (χ0) is 11.7. The Bertz CT molecular complexity index is 532. The molecule has 0 radical (unpaired) electrons. The van der Waals surface area contributed by atoms with Crippen LogP contribution in [-0.4, -0.2) is 18.7 Å². The van der Waals surface area contributed by atoms with Crippen LogP contribution < -0.4 is 5.69 Å². The van der Waals surface area contributed by atoms with E-state index in [-0.39, 0.29) is 11.7 Å². The summed E-state index contributed by atoms with van der Waals surface area (Å²) in [6.07, 6.45) is 7.15. The maximum atomic E-state index is 11.9. The second kappa shape index (κ2) is 4.00. The predicted octanol–water partition coefficient (Wildman–Crippen LogP) is 1.01. The highest BCUT2D eigenvalue weighted by Gasteiger charge is 2.07. The standard InChI is InChI=1S/C11H16N4O/c1-9(2)15-5-4-14(11(15)16)7-10-6-12-8-13(10)3/h4-6,8-9H,7H2,1-3H3. The van der Waals surface area contributed by atoms with Crippen LogP contribution in [-0.2, 0) is 13.6 Å². The molecule has 0 aliphatic carbocycles. The normalized spacial score (nSPS) is 11.2. The van der Waals surface area contributed by atoms with Gasteiger partial charge in [-0.1, -0.05) is 0 Å². The Morgan fingerprint density at radius 1 is 1.38 bits per heavy atom. The van der Waals surface area contributed by atoms with E-state index in [2.05, 4.69) is 4.98 Å². The molecule has 2 aromatic rings. The molecule has 86 valence electrons. The van der Waals surface area contributed by atoms with Gasteiger partial charge in [0.1, 0.15) is 0 Å². The van der Waals surface area contributed by atoms with Crippen LogP contribution in [0.5, 0.6) is 0 Å². The summed E-state index contributed by atoms with van der Waals surface area (Å²) >= 11 is 0. The van der Waals surface area contributed by atoms with Crippen molar-refractivity contribution in [1.82, 2.24) is 18.7 Å². The summed E-state index contributed by atoms with van der Waals surface area (Å²) in [5, 5.41) is 0. The van der Waals surface area contributed by atoms with E-state index < -0.39 is 0 Å². The van der Waals surface area contributed by atoms with Gasteiger partial charge in [-0.25, -0.2) is 9.78 Å². The van der Waals surface area contributed by atoms with E-state index in [9.17, 15) is 4.79 Å². The smallest absolute Gasteiger partial charge is 0.328 e. The van der Waals surface area contributed by atoms with Gasteiger partial charge in [-0.3, -0.25) is 9.13 Å². The molecule has 0 fully saturated rings. The third-order valence-corrected chi connectivity index (χ3v) is 2.68. The van der Waals surface area contributed by atoms with Gasteiger partial charge in [0.2, 0.25) is 0 Å². The molecule has 0 spiro atoms. The quantitative estimate of drug-likeness (QED) is 0.775. The number of imidazole rings is 2. The van der Waals surface area contributed by atoms with Crippen molar-refractivity contribution in [2.75, 3.05) is 0 Å². The Labute approximate surface area is 94.0 Å². The molecule has 16 heavy (non-hydrogen) atoms. The number of hydrogen-bond acceptors (Lipinski definition) is 2. The van der Waals surface area contributed by atoms with Gasteiger partial charge < -0.3 is 4.57 Å². The van der Waals surface area contributed by atoms with Gasteiger partial charge in [-0.15, -0.1) is 0 Å². The van der Waals surface area contributed by atoms with Crippen molar-refractivity contribution in [2.45, 2.75) is 26.4 Å². The lowest BCUT2D eigenvalue weighted by Crippen LogP contribution is -2.26. The highest BCUT2D eigenvalue weighted by molar-refractivity contribution is 4.99. The van der Waals surface area contributed by atoms with Gasteiger partial charge in [-0.05, 0) is 13.8 Å². The van der Waals surface area contributed by atoms with Crippen molar-refractivity contribution in [3.63, 3.8) is 0 Å². The van der Waals surface area contributed by atoms with Gasteiger partial charge >= 0.3 is 5.69 Å². The Hall–Kier alpha value is -1.78. The molecular formula is C11H16N4O. The monoisotopic (exact) mass is 220 g/mol. The van der Waals surface area contributed by atoms with E-state index in [0.717, 1.165) is 5.69 Å². The van der Waals surface area contributed by atoms with Crippen molar-refractivity contribution in [3.05, 3.63) is 41.1 Å². The topological polar surface area (TPSA) is 44.8 Å². The maximum Gasteiger partial charge on any atom is 0.328 e. The fourth-order valence-electron chi connectivity index (χ4n) is 1.65. The number of aromatic nitrogens is 4. The van der Waals surface area contributed by atoms with Gasteiger partial charge in [0.25, 0.3) is 0 Å². The average Bonchev–Trinajstić information content (AvgIpc) is 2.76. The fraction of sp³-hybridized carbons (Fsp3) is 0.455. The molecule has 0 bridgehead atoms. The zero-order valence-corrected chi connectivity index (χ0v) is 9.79. The highest BCUT2D eigenvalue weighted by atomic mass is 16.1. The summed E-state index contributed by atoms with van der Waals surface area (Å²) in [7, 11) is 1.92. The van der Waals surface area contributed by atoms with Crippen molar-refractivity contribution in [2.24, 2.45) is 7.05 Å². The Balaban J connectivity index is 2.30. The van der Waals surface area contributed by atoms with Crippen LogP contribution in [0.2, 0.25) is 0 Å². The second-order valence-corrected chi connectivity index (χ2v) is 4.21. The van der Waals surface area contributed by atoms with E-state index in [1.807, 2.05) is 37.9 Å². The summed E-state index contributed by atoms with van der Waals surface area (Å²) in [5.74, 6) is 0. The van der Waals surface area contributed by atoms with Crippen LogP contribution in [0, 0.1) is 0 Å². The first kappa shape index (κ1) is 10.7. The van der Waals surface area contributed by atoms with E-state index in [0.29, 0.717) is 6.54 Å². The third-order valence-electron chi connectivity index (χ3n) is 2.68. The molecule has 2 heterocycles. The summed E-state index contributed by atoms with van der Waals surface area (Å²) in [6.45, 7) is 4.56. The predicted molar refractivity (Wildman–Crippen MR) is 61.4 cm³/mol. The average molecular weight is 220 g/mol. The molecule has 0 unspecified atom stereocenters. The number of aryl methyl sites for hydroxylation is 1. The van der Waals surface area contributed by atoms with Crippen LogP contribution >= 0.6 is 0 Å². The van der Waals surface area contributed by atoms with Crippen LogP contribution in [0.1, 0.15) is 25.6 Å². The lowest BCUT2D eigenvalue weighted by Gasteiger charge is -2.05. The molecular weight excluding hydrogens is 204 g/mol. The molecule has 2 rings (SSSR count). The number of nitrogens with zero attached hydrogens (tertiary/aromatic N) is 4. The minimum absolute atomic E-state index is 0.0243. The van der Waals surface area contributed by atoms with E-state index in [1.54, 1.807) is 21.7 Å². The molecule has 2 aromatic heterocycles. The number of hydrogen-bond donors (Lipinski definition) is 0. The van der Waals surface area contributed by atoms with Gasteiger partial charge in [-0.2, -0.15) is 0 Å². The molecule has 0 saturated heterocycles. The lowest BCUT2D eigenvalue weighted by atomic mass is 10.4.